The molecule has 1 N–H and O–H groups in total. The van der Waals surface area contributed by atoms with E-state index in [9.17, 15) is 5.11 Å². The highest BCUT2D eigenvalue weighted by Crippen LogP contribution is 2.35. The van der Waals surface area contributed by atoms with Crippen molar-refractivity contribution in [2.24, 2.45) is 5.41 Å². The first-order valence-electron chi connectivity index (χ1n) is 5.18. The molecule has 84 valence electrons. The summed E-state index contributed by atoms with van der Waals surface area (Å²) in [6.45, 7) is 10.2. The van der Waals surface area contributed by atoms with Gasteiger partial charge in [-0.3, -0.25) is 0 Å². The van der Waals surface area contributed by atoms with Gasteiger partial charge in [0.15, 0.2) is 0 Å². The molecule has 1 aromatic carbocycles. The third-order valence-electron chi connectivity index (χ3n) is 2.59. The molecular formula is C13H19BrO. The molecule has 0 aliphatic carbocycles. The van der Waals surface area contributed by atoms with Crippen LogP contribution in [-0.4, -0.2) is 5.11 Å². The fourth-order valence-corrected chi connectivity index (χ4v) is 1.87. The van der Waals surface area contributed by atoms with E-state index in [1.54, 1.807) is 0 Å². The van der Waals surface area contributed by atoms with Gasteiger partial charge in [-0.2, -0.15) is 0 Å². The van der Waals surface area contributed by atoms with Gasteiger partial charge < -0.3 is 5.11 Å². The SMILES string of the molecule is Cc1cc(C(O)C(C)(C)C)cc(C)c1Br. The van der Waals surface area contributed by atoms with Crippen molar-refractivity contribution in [2.75, 3.05) is 0 Å². The Balaban J connectivity index is 3.17. The maximum Gasteiger partial charge on any atom is 0.0838 e. The predicted molar refractivity (Wildman–Crippen MR) is 68.0 cm³/mol. The average molecular weight is 271 g/mol. The summed E-state index contributed by atoms with van der Waals surface area (Å²) in [7, 11) is 0. The fraction of sp³-hybridized carbons (Fsp3) is 0.538. The molecule has 1 unspecified atom stereocenters. The lowest BCUT2D eigenvalue weighted by Crippen LogP contribution is -2.18. The highest BCUT2D eigenvalue weighted by Gasteiger charge is 2.24. The molecule has 2 heteroatoms. The lowest BCUT2D eigenvalue weighted by molar-refractivity contribution is 0.0626. The standard InChI is InChI=1S/C13H19BrO/c1-8-6-10(7-9(2)11(8)14)12(15)13(3,4)5/h6-7,12,15H,1-5H3. The van der Waals surface area contributed by atoms with Gasteiger partial charge in [-0.15, -0.1) is 0 Å². The molecule has 1 atom stereocenters. The molecule has 0 aliphatic heterocycles. The maximum atomic E-state index is 10.2. The van der Waals surface area contributed by atoms with E-state index >= 15 is 0 Å². The van der Waals surface area contributed by atoms with E-state index in [0.717, 1.165) is 10.0 Å². The Bertz CT molecular complexity index is 340. The van der Waals surface area contributed by atoms with Crippen LogP contribution in [0.1, 0.15) is 43.6 Å². The maximum absolute atomic E-state index is 10.2. The quantitative estimate of drug-likeness (QED) is 0.813. The van der Waals surface area contributed by atoms with Crippen LogP contribution in [0.2, 0.25) is 0 Å². The van der Waals surface area contributed by atoms with Crippen LogP contribution in [0.5, 0.6) is 0 Å². The Kier molecular flexibility index (Phi) is 3.62. The van der Waals surface area contributed by atoms with Crippen molar-refractivity contribution >= 4 is 15.9 Å². The van der Waals surface area contributed by atoms with Crippen LogP contribution in [0.25, 0.3) is 0 Å². The first-order valence-corrected chi connectivity index (χ1v) is 5.97. The van der Waals surface area contributed by atoms with Crippen LogP contribution in [0, 0.1) is 19.3 Å². The highest BCUT2D eigenvalue weighted by atomic mass is 79.9. The zero-order chi connectivity index (χ0) is 11.8. The number of aryl methyl sites for hydroxylation is 2. The van der Waals surface area contributed by atoms with Gasteiger partial charge in [-0.05, 0) is 36.0 Å². The van der Waals surface area contributed by atoms with Gasteiger partial charge in [0.25, 0.3) is 0 Å². The molecule has 0 saturated heterocycles. The molecule has 1 nitrogen and oxygen atoms in total. The minimum atomic E-state index is -0.414. The third-order valence-corrected chi connectivity index (χ3v) is 3.85. The van der Waals surface area contributed by atoms with Gasteiger partial charge in [0.1, 0.15) is 0 Å². The van der Waals surface area contributed by atoms with Crippen LogP contribution in [0.4, 0.5) is 0 Å². The van der Waals surface area contributed by atoms with Crippen molar-refractivity contribution in [3.8, 4) is 0 Å². The van der Waals surface area contributed by atoms with Crippen molar-refractivity contribution < 1.29 is 5.11 Å². The number of rotatable bonds is 1. The number of hydrogen-bond donors (Lipinski definition) is 1. The molecule has 0 fully saturated rings. The fourth-order valence-electron chi connectivity index (χ4n) is 1.64. The molecule has 0 aromatic heterocycles. The van der Waals surface area contributed by atoms with Gasteiger partial charge >= 0.3 is 0 Å². The van der Waals surface area contributed by atoms with Crippen LogP contribution >= 0.6 is 15.9 Å². The topological polar surface area (TPSA) is 20.2 Å². The normalized spacial score (nSPS) is 14.1. The van der Waals surface area contributed by atoms with Crippen LogP contribution in [0.3, 0.4) is 0 Å². The number of benzene rings is 1. The molecule has 0 spiro atoms. The molecule has 1 rings (SSSR count). The summed E-state index contributed by atoms with van der Waals surface area (Å²) in [5, 5.41) is 10.2. The first-order chi connectivity index (χ1) is 6.73. The van der Waals surface area contributed by atoms with Crippen molar-refractivity contribution in [3.05, 3.63) is 33.3 Å². The molecule has 0 saturated carbocycles. The summed E-state index contributed by atoms with van der Waals surface area (Å²) in [5.74, 6) is 0. The molecule has 1 aromatic rings. The zero-order valence-electron chi connectivity index (χ0n) is 10.1. The molecule has 0 aliphatic rings. The molecule has 0 amide bonds. The summed E-state index contributed by atoms with van der Waals surface area (Å²) < 4.78 is 1.13. The Morgan fingerprint density at radius 2 is 1.53 bits per heavy atom. The van der Waals surface area contributed by atoms with E-state index in [-0.39, 0.29) is 5.41 Å². The third kappa shape index (κ3) is 2.82. The monoisotopic (exact) mass is 270 g/mol. The van der Waals surface area contributed by atoms with Gasteiger partial charge in [-0.1, -0.05) is 48.8 Å². The minimum absolute atomic E-state index is 0.118. The van der Waals surface area contributed by atoms with E-state index in [2.05, 4.69) is 29.8 Å². The summed E-state index contributed by atoms with van der Waals surface area (Å²) in [4.78, 5) is 0. The molecule has 0 bridgehead atoms. The second-order valence-electron chi connectivity index (χ2n) is 5.24. The largest absolute Gasteiger partial charge is 0.388 e. The highest BCUT2D eigenvalue weighted by molar-refractivity contribution is 9.10. The van der Waals surface area contributed by atoms with Crippen LogP contribution < -0.4 is 0 Å². The van der Waals surface area contributed by atoms with Gasteiger partial charge in [0.05, 0.1) is 6.10 Å². The molecule has 0 heterocycles. The molecule has 15 heavy (non-hydrogen) atoms. The smallest absolute Gasteiger partial charge is 0.0838 e. The van der Waals surface area contributed by atoms with E-state index in [4.69, 9.17) is 0 Å². The van der Waals surface area contributed by atoms with Crippen molar-refractivity contribution in [2.45, 2.75) is 40.7 Å². The Morgan fingerprint density at radius 3 is 1.87 bits per heavy atom. The number of halogens is 1. The zero-order valence-corrected chi connectivity index (χ0v) is 11.6. The van der Waals surface area contributed by atoms with Crippen LogP contribution in [0.15, 0.2) is 16.6 Å². The van der Waals surface area contributed by atoms with Crippen molar-refractivity contribution in [3.63, 3.8) is 0 Å². The second kappa shape index (κ2) is 4.26. The van der Waals surface area contributed by atoms with E-state index < -0.39 is 6.10 Å². The lowest BCUT2D eigenvalue weighted by atomic mass is 9.84. The average Bonchev–Trinajstić information content (AvgIpc) is 2.10. The Morgan fingerprint density at radius 1 is 1.13 bits per heavy atom. The van der Waals surface area contributed by atoms with E-state index in [0.29, 0.717) is 0 Å². The van der Waals surface area contributed by atoms with Gasteiger partial charge in [-0.25, -0.2) is 0 Å². The summed E-state index contributed by atoms with van der Waals surface area (Å²) in [6, 6.07) is 4.10. The van der Waals surface area contributed by atoms with Crippen molar-refractivity contribution in [1.82, 2.24) is 0 Å². The molecule has 0 radical (unpaired) electrons. The summed E-state index contributed by atoms with van der Waals surface area (Å²) >= 11 is 3.53. The van der Waals surface area contributed by atoms with Gasteiger partial charge in [0.2, 0.25) is 0 Å². The number of aliphatic hydroxyl groups is 1. The number of hydrogen-bond acceptors (Lipinski definition) is 1. The Labute approximate surface area is 101 Å². The molecular weight excluding hydrogens is 252 g/mol. The first kappa shape index (κ1) is 12.7. The Hall–Kier alpha value is -0.340. The summed E-state index contributed by atoms with van der Waals surface area (Å²) in [6.07, 6.45) is -0.414. The van der Waals surface area contributed by atoms with Gasteiger partial charge in [0, 0.05) is 4.47 Å². The number of aliphatic hydroxyl groups excluding tert-OH is 1. The second-order valence-corrected chi connectivity index (χ2v) is 6.03. The van der Waals surface area contributed by atoms with E-state index in [1.807, 2.05) is 32.9 Å². The predicted octanol–water partition coefficient (Wildman–Crippen LogP) is 4.15. The van der Waals surface area contributed by atoms with E-state index in [1.165, 1.54) is 11.1 Å². The lowest BCUT2D eigenvalue weighted by Gasteiger charge is -2.27. The van der Waals surface area contributed by atoms with Crippen LogP contribution in [-0.2, 0) is 0 Å². The van der Waals surface area contributed by atoms with Crippen molar-refractivity contribution in [1.29, 1.82) is 0 Å². The summed E-state index contributed by atoms with van der Waals surface area (Å²) in [5.41, 5.74) is 3.23. The minimum Gasteiger partial charge on any atom is -0.388 e.